The third kappa shape index (κ3) is 2.81. The minimum Gasteiger partial charge on any atom is -0.480 e. The third-order valence-corrected chi connectivity index (χ3v) is 3.59. The van der Waals surface area contributed by atoms with Crippen LogP contribution in [-0.2, 0) is 11.2 Å². The largest absolute Gasteiger partial charge is 0.480 e. The van der Waals surface area contributed by atoms with Crippen LogP contribution in [0.1, 0.15) is 22.5 Å². The highest BCUT2D eigenvalue weighted by atomic mass is 16.4. The standard InChI is InChI=1S/C16H15N3O3/c20-14(21)10-19-8-4-7-13-12(16(19)22)9-17-15(18-13)11-5-2-1-3-6-11/h1-3,5-6,9H,4,7-8,10H2,(H,20,21). The molecule has 2 heterocycles. The molecule has 1 aliphatic rings. The number of carboxylic acids is 1. The van der Waals surface area contributed by atoms with E-state index in [9.17, 15) is 9.59 Å². The lowest BCUT2D eigenvalue weighted by Crippen LogP contribution is -2.35. The van der Waals surface area contributed by atoms with Crippen molar-refractivity contribution in [2.75, 3.05) is 13.1 Å². The molecule has 0 saturated carbocycles. The quantitative estimate of drug-likeness (QED) is 0.930. The first kappa shape index (κ1) is 14.2. The molecule has 0 radical (unpaired) electrons. The van der Waals surface area contributed by atoms with Crippen LogP contribution >= 0.6 is 0 Å². The summed E-state index contributed by atoms with van der Waals surface area (Å²) < 4.78 is 0. The highest BCUT2D eigenvalue weighted by Crippen LogP contribution is 2.20. The molecular formula is C16H15N3O3. The van der Waals surface area contributed by atoms with Gasteiger partial charge in [0.2, 0.25) is 0 Å². The lowest BCUT2D eigenvalue weighted by molar-refractivity contribution is -0.137. The summed E-state index contributed by atoms with van der Waals surface area (Å²) in [5.74, 6) is -0.744. The first-order valence-electron chi connectivity index (χ1n) is 7.07. The molecule has 1 aromatic carbocycles. The number of fused-ring (bicyclic) bond motifs is 1. The number of carbonyl (C=O) groups excluding carboxylic acids is 1. The number of benzene rings is 1. The Hall–Kier alpha value is -2.76. The SMILES string of the molecule is O=C(O)CN1CCCc2nc(-c3ccccc3)ncc2C1=O. The van der Waals surface area contributed by atoms with Crippen LogP contribution < -0.4 is 0 Å². The molecule has 0 bridgehead atoms. The zero-order valence-corrected chi connectivity index (χ0v) is 11.9. The Labute approximate surface area is 127 Å². The van der Waals surface area contributed by atoms with Gasteiger partial charge in [0.25, 0.3) is 5.91 Å². The summed E-state index contributed by atoms with van der Waals surface area (Å²) >= 11 is 0. The van der Waals surface area contributed by atoms with Crippen LogP contribution in [-0.4, -0.2) is 44.9 Å². The Morgan fingerprint density at radius 2 is 2.05 bits per heavy atom. The Morgan fingerprint density at radius 3 is 2.77 bits per heavy atom. The fourth-order valence-corrected chi connectivity index (χ4v) is 2.54. The predicted molar refractivity (Wildman–Crippen MR) is 79.3 cm³/mol. The van der Waals surface area contributed by atoms with Gasteiger partial charge in [0.15, 0.2) is 5.82 Å². The van der Waals surface area contributed by atoms with E-state index in [0.717, 1.165) is 5.56 Å². The van der Waals surface area contributed by atoms with Gasteiger partial charge in [-0.25, -0.2) is 9.97 Å². The minimum absolute atomic E-state index is 0.293. The predicted octanol–water partition coefficient (Wildman–Crippen LogP) is 1.62. The van der Waals surface area contributed by atoms with Gasteiger partial charge in [0.05, 0.1) is 11.3 Å². The van der Waals surface area contributed by atoms with Crippen molar-refractivity contribution in [2.45, 2.75) is 12.8 Å². The van der Waals surface area contributed by atoms with Crippen LogP contribution in [0.5, 0.6) is 0 Å². The third-order valence-electron chi connectivity index (χ3n) is 3.59. The number of rotatable bonds is 3. The molecule has 3 rings (SSSR count). The highest BCUT2D eigenvalue weighted by Gasteiger charge is 2.25. The summed E-state index contributed by atoms with van der Waals surface area (Å²) in [6.45, 7) is 0.126. The molecule has 0 saturated heterocycles. The molecule has 6 nitrogen and oxygen atoms in total. The summed E-state index contributed by atoms with van der Waals surface area (Å²) in [6, 6.07) is 9.56. The lowest BCUT2D eigenvalue weighted by Gasteiger charge is -2.17. The van der Waals surface area contributed by atoms with Crippen molar-refractivity contribution in [1.29, 1.82) is 0 Å². The van der Waals surface area contributed by atoms with Gasteiger partial charge in [-0.05, 0) is 12.8 Å². The number of aryl methyl sites for hydroxylation is 1. The Bertz CT molecular complexity index is 716. The number of nitrogens with zero attached hydrogens (tertiary/aromatic N) is 3. The molecule has 0 unspecified atom stereocenters. The second kappa shape index (κ2) is 5.93. The number of hydrogen-bond acceptors (Lipinski definition) is 4. The molecule has 1 aliphatic heterocycles. The van der Waals surface area contributed by atoms with E-state index in [4.69, 9.17) is 5.11 Å². The summed E-state index contributed by atoms with van der Waals surface area (Å²) in [5.41, 5.74) is 1.98. The second-order valence-corrected chi connectivity index (χ2v) is 5.14. The number of carbonyl (C=O) groups is 2. The van der Waals surface area contributed by atoms with Crippen LogP contribution in [0.15, 0.2) is 36.5 Å². The first-order chi connectivity index (χ1) is 10.6. The molecule has 1 aromatic heterocycles. The Balaban J connectivity index is 1.95. The van der Waals surface area contributed by atoms with Gasteiger partial charge in [0.1, 0.15) is 6.54 Å². The Morgan fingerprint density at radius 1 is 1.27 bits per heavy atom. The second-order valence-electron chi connectivity index (χ2n) is 5.14. The molecule has 0 fully saturated rings. The zero-order chi connectivity index (χ0) is 15.5. The van der Waals surface area contributed by atoms with Crippen LogP contribution in [0, 0.1) is 0 Å². The molecule has 0 aliphatic carbocycles. The number of hydrogen-bond donors (Lipinski definition) is 1. The first-order valence-corrected chi connectivity index (χ1v) is 7.07. The van der Waals surface area contributed by atoms with Crippen molar-refractivity contribution >= 4 is 11.9 Å². The van der Waals surface area contributed by atoms with Gasteiger partial charge in [-0.15, -0.1) is 0 Å². The van der Waals surface area contributed by atoms with Crippen LogP contribution in [0.25, 0.3) is 11.4 Å². The van der Waals surface area contributed by atoms with Crippen molar-refractivity contribution in [3.8, 4) is 11.4 Å². The normalized spacial score (nSPS) is 14.4. The number of amides is 1. The number of aliphatic carboxylic acids is 1. The molecule has 112 valence electrons. The Kier molecular flexibility index (Phi) is 3.82. The van der Waals surface area contributed by atoms with Gasteiger partial charge in [0, 0.05) is 18.3 Å². The average Bonchev–Trinajstić information content (AvgIpc) is 2.67. The molecule has 2 aromatic rings. The maximum absolute atomic E-state index is 12.4. The molecule has 1 amide bonds. The van der Waals surface area contributed by atoms with Crippen molar-refractivity contribution in [3.63, 3.8) is 0 Å². The van der Waals surface area contributed by atoms with Crippen molar-refractivity contribution in [1.82, 2.24) is 14.9 Å². The average molecular weight is 297 g/mol. The van der Waals surface area contributed by atoms with Crippen LogP contribution in [0.3, 0.4) is 0 Å². The molecule has 6 heteroatoms. The van der Waals surface area contributed by atoms with Gasteiger partial charge >= 0.3 is 5.97 Å². The van der Waals surface area contributed by atoms with E-state index in [1.807, 2.05) is 30.3 Å². The topological polar surface area (TPSA) is 83.4 Å². The number of carboxylic acid groups (broad SMARTS) is 1. The monoisotopic (exact) mass is 297 g/mol. The van der Waals surface area contributed by atoms with E-state index in [1.54, 1.807) is 0 Å². The molecule has 1 N–H and O–H groups in total. The van der Waals surface area contributed by atoms with Crippen LogP contribution in [0.2, 0.25) is 0 Å². The fraction of sp³-hybridized carbons (Fsp3) is 0.250. The summed E-state index contributed by atoms with van der Waals surface area (Å²) in [6.07, 6.45) is 2.84. The van der Waals surface area contributed by atoms with E-state index in [0.29, 0.717) is 36.5 Å². The minimum atomic E-state index is -1.02. The van der Waals surface area contributed by atoms with Gasteiger partial charge in [-0.1, -0.05) is 30.3 Å². The molecular weight excluding hydrogens is 282 g/mol. The van der Waals surface area contributed by atoms with E-state index in [1.165, 1.54) is 11.1 Å². The summed E-state index contributed by atoms with van der Waals surface area (Å²) in [5, 5.41) is 8.89. The van der Waals surface area contributed by atoms with E-state index in [2.05, 4.69) is 9.97 Å². The lowest BCUT2D eigenvalue weighted by atomic mass is 10.1. The molecule has 0 atom stereocenters. The maximum atomic E-state index is 12.4. The summed E-state index contributed by atoms with van der Waals surface area (Å²) in [4.78, 5) is 33.4. The number of aromatic nitrogens is 2. The molecule has 22 heavy (non-hydrogen) atoms. The van der Waals surface area contributed by atoms with Crippen LogP contribution in [0.4, 0.5) is 0 Å². The van der Waals surface area contributed by atoms with Crippen molar-refractivity contribution < 1.29 is 14.7 Å². The van der Waals surface area contributed by atoms with E-state index >= 15 is 0 Å². The maximum Gasteiger partial charge on any atom is 0.323 e. The zero-order valence-electron chi connectivity index (χ0n) is 11.9. The highest BCUT2D eigenvalue weighted by molar-refractivity contribution is 5.97. The molecule has 0 spiro atoms. The van der Waals surface area contributed by atoms with Gasteiger partial charge in [-0.3, -0.25) is 9.59 Å². The van der Waals surface area contributed by atoms with E-state index < -0.39 is 5.97 Å². The van der Waals surface area contributed by atoms with Gasteiger partial charge in [-0.2, -0.15) is 0 Å². The van der Waals surface area contributed by atoms with Crippen molar-refractivity contribution in [3.05, 3.63) is 47.8 Å². The van der Waals surface area contributed by atoms with E-state index in [-0.39, 0.29) is 12.5 Å². The smallest absolute Gasteiger partial charge is 0.323 e. The fourth-order valence-electron chi connectivity index (χ4n) is 2.54. The summed E-state index contributed by atoms with van der Waals surface area (Å²) in [7, 11) is 0. The van der Waals surface area contributed by atoms with Gasteiger partial charge < -0.3 is 10.0 Å². The van der Waals surface area contributed by atoms with Crippen molar-refractivity contribution in [2.24, 2.45) is 0 Å².